The number of halogens is 4. The fourth-order valence-corrected chi connectivity index (χ4v) is 3.96. The molecule has 3 heterocycles. The molecule has 172 valence electrons. The Morgan fingerprint density at radius 3 is 2.75 bits per heavy atom. The van der Waals surface area contributed by atoms with Crippen LogP contribution in [0.25, 0.3) is 0 Å². The maximum absolute atomic E-state index is 14.8. The molecule has 8 nitrogen and oxygen atoms in total. The number of carbonyl (C=O) groups excluding carboxylic acids is 1. The molecular formula is C20H22Cl2F2N6O2. The summed E-state index contributed by atoms with van der Waals surface area (Å²) in [6.45, 7) is 0.327. The van der Waals surface area contributed by atoms with Gasteiger partial charge < -0.3 is 26.0 Å². The summed E-state index contributed by atoms with van der Waals surface area (Å²) in [6.07, 6.45) is 1.72. The Bertz CT molecular complexity index is 1010. The highest BCUT2D eigenvalue weighted by atomic mass is 35.5. The molecule has 0 bridgehead atoms. The molecule has 1 saturated heterocycles. The predicted molar refractivity (Wildman–Crippen MR) is 116 cm³/mol. The molecule has 0 saturated carbocycles. The summed E-state index contributed by atoms with van der Waals surface area (Å²) in [5.74, 6) is -3.04. The molecule has 32 heavy (non-hydrogen) atoms. The highest BCUT2D eigenvalue weighted by Crippen LogP contribution is 2.36. The number of fused-ring (bicyclic) bond motifs is 1. The largest absolute Gasteiger partial charge is 0.381 e. The number of benzene rings is 1. The minimum atomic E-state index is -3.30. The molecule has 2 aromatic rings. The predicted octanol–water partition coefficient (Wildman–Crippen LogP) is 3.65. The van der Waals surface area contributed by atoms with Crippen molar-refractivity contribution >= 4 is 35.2 Å². The number of nitrogens with zero attached hydrogens (tertiary/aromatic N) is 3. The first-order chi connectivity index (χ1) is 15.2. The van der Waals surface area contributed by atoms with E-state index in [-0.39, 0.29) is 34.8 Å². The van der Waals surface area contributed by atoms with Crippen LogP contribution < -0.4 is 16.4 Å². The number of hydrogen-bond acceptors (Lipinski definition) is 6. The Morgan fingerprint density at radius 2 is 2.03 bits per heavy atom. The highest BCUT2D eigenvalue weighted by Gasteiger charge is 2.43. The molecule has 1 aromatic carbocycles. The molecule has 4 rings (SSSR count). The van der Waals surface area contributed by atoms with E-state index in [0.717, 1.165) is 23.9 Å². The lowest BCUT2D eigenvalue weighted by molar-refractivity contribution is -0.0425. The molecule has 1 atom stereocenters. The molecule has 0 unspecified atom stereocenters. The summed E-state index contributed by atoms with van der Waals surface area (Å²) in [5, 5.41) is 6.29. The summed E-state index contributed by atoms with van der Waals surface area (Å²) < 4.78 is 34.8. The summed E-state index contributed by atoms with van der Waals surface area (Å²) in [7, 11) is 0. The number of rotatable bonds is 4. The minimum Gasteiger partial charge on any atom is -0.381 e. The molecule has 0 spiro atoms. The number of nitrogens with two attached hydrogens (primary N) is 1. The molecule has 12 heteroatoms. The lowest BCUT2D eigenvalue weighted by atomic mass is 10.0. The minimum absolute atomic E-state index is 0.0871. The van der Waals surface area contributed by atoms with Gasteiger partial charge in [-0.05, 0) is 30.5 Å². The van der Waals surface area contributed by atoms with Gasteiger partial charge in [-0.2, -0.15) is 8.78 Å². The SMILES string of the molecule is N[C@@H](NC(=O)N1Cc2nc(NC3CCOCC3)ncc2C(F)(F)C1)c1ccc(Cl)c(Cl)c1. The zero-order valence-electron chi connectivity index (χ0n) is 17.0. The van der Waals surface area contributed by atoms with Gasteiger partial charge in [0.05, 0.1) is 34.4 Å². The van der Waals surface area contributed by atoms with Crippen molar-refractivity contribution in [3.05, 3.63) is 51.3 Å². The van der Waals surface area contributed by atoms with E-state index in [9.17, 15) is 13.6 Å². The van der Waals surface area contributed by atoms with E-state index in [0.29, 0.717) is 23.8 Å². The second kappa shape index (κ2) is 9.30. The first-order valence-corrected chi connectivity index (χ1v) is 10.8. The molecule has 0 radical (unpaired) electrons. The lowest BCUT2D eigenvalue weighted by Crippen LogP contribution is -2.50. The lowest BCUT2D eigenvalue weighted by Gasteiger charge is -2.34. The third-order valence-electron chi connectivity index (χ3n) is 5.42. The first-order valence-electron chi connectivity index (χ1n) is 10.1. The molecule has 2 amide bonds. The quantitative estimate of drug-likeness (QED) is 0.569. The van der Waals surface area contributed by atoms with Crippen molar-refractivity contribution < 1.29 is 18.3 Å². The van der Waals surface area contributed by atoms with Gasteiger partial charge in [-0.3, -0.25) is 0 Å². The number of amides is 2. The van der Waals surface area contributed by atoms with Gasteiger partial charge in [-0.15, -0.1) is 0 Å². The van der Waals surface area contributed by atoms with E-state index in [1.807, 2.05) is 0 Å². The van der Waals surface area contributed by atoms with Gasteiger partial charge in [-0.25, -0.2) is 14.8 Å². The van der Waals surface area contributed by atoms with E-state index < -0.39 is 24.7 Å². The Morgan fingerprint density at radius 1 is 1.28 bits per heavy atom. The highest BCUT2D eigenvalue weighted by molar-refractivity contribution is 6.42. The van der Waals surface area contributed by atoms with Crippen LogP contribution >= 0.6 is 23.2 Å². The normalized spacial score (nSPS) is 19.2. The van der Waals surface area contributed by atoms with Gasteiger partial charge in [0.1, 0.15) is 6.17 Å². The van der Waals surface area contributed by atoms with Crippen molar-refractivity contribution in [2.24, 2.45) is 5.73 Å². The Labute approximate surface area is 193 Å². The molecular weight excluding hydrogens is 465 g/mol. The van der Waals surface area contributed by atoms with Crippen LogP contribution in [0.2, 0.25) is 10.0 Å². The van der Waals surface area contributed by atoms with E-state index in [4.69, 9.17) is 33.7 Å². The van der Waals surface area contributed by atoms with Gasteiger partial charge in [0.15, 0.2) is 0 Å². The molecule has 2 aliphatic heterocycles. The molecule has 2 aliphatic rings. The number of nitrogens with one attached hydrogen (secondary N) is 2. The number of alkyl halides is 2. The number of ether oxygens (including phenoxy) is 1. The Kier molecular flexibility index (Phi) is 6.66. The van der Waals surface area contributed by atoms with E-state index in [1.54, 1.807) is 12.1 Å². The van der Waals surface area contributed by atoms with Crippen LogP contribution in [0.15, 0.2) is 24.4 Å². The third-order valence-corrected chi connectivity index (χ3v) is 6.15. The van der Waals surface area contributed by atoms with E-state index in [1.165, 1.54) is 6.07 Å². The van der Waals surface area contributed by atoms with Crippen LogP contribution in [0.4, 0.5) is 19.5 Å². The molecule has 0 aliphatic carbocycles. The molecule has 1 aromatic heterocycles. The third kappa shape index (κ3) is 5.03. The van der Waals surface area contributed by atoms with Crippen molar-refractivity contribution in [1.29, 1.82) is 0 Å². The van der Waals surface area contributed by atoms with Crippen LogP contribution in [0.1, 0.15) is 35.8 Å². The first kappa shape index (κ1) is 22.9. The zero-order chi connectivity index (χ0) is 22.9. The van der Waals surface area contributed by atoms with Gasteiger partial charge in [0, 0.05) is 25.5 Å². The molecule has 1 fully saturated rings. The van der Waals surface area contributed by atoms with Gasteiger partial charge in [0.2, 0.25) is 5.95 Å². The second-order valence-corrected chi connectivity index (χ2v) is 8.56. The average molecular weight is 487 g/mol. The van der Waals surface area contributed by atoms with Gasteiger partial charge >= 0.3 is 6.03 Å². The van der Waals surface area contributed by atoms with Gasteiger partial charge in [-0.1, -0.05) is 29.3 Å². The smallest absolute Gasteiger partial charge is 0.319 e. The fraction of sp³-hybridized carbons (Fsp3) is 0.450. The Balaban J connectivity index is 1.47. The van der Waals surface area contributed by atoms with Crippen molar-refractivity contribution in [1.82, 2.24) is 20.2 Å². The standard InChI is InChI=1S/C20H22Cl2F2N6O2/c21-14-2-1-11(7-15(14)22)17(25)29-19(31)30-9-16-13(20(23,24)10-30)8-26-18(28-16)27-12-3-5-32-6-4-12/h1-2,7-8,12,17H,3-6,9-10,25H2,(H,29,31)(H,26,27,28)/t17-/m0/s1. The monoisotopic (exact) mass is 486 g/mol. The number of urea groups is 1. The summed E-state index contributed by atoms with van der Waals surface area (Å²) in [4.78, 5) is 22.0. The number of aromatic nitrogens is 2. The van der Waals surface area contributed by atoms with Crippen LogP contribution in [0.5, 0.6) is 0 Å². The van der Waals surface area contributed by atoms with Crippen molar-refractivity contribution in [3.8, 4) is 0 Å². The second-order valence-electron chi connectivity index (χ2n) is 7.75. The van der Waals surface area contributed by atoms with Crippen molar-refractivity contribution in [3.63, 3.8) is 0 Å². The van der Waals surface area contributed by atoms with E-state index >= 15 is 0 Å². The maximum atomic E-state index is 14.8. The van der Waals surface area contributed by atoms with Crippen LogP contribution in [0, 0.1) is 0 Å². The maximum Gasteiger partial charge on any atom is 0.319 e. The van der Waals surface area contributed by atoms with Crippen LogP contribution in [-0.4, -0.2) is 46.7 Å². The number of hydrogen-bond donors (Lipinski definition) is 3. The van der Waals surface area contributed by atoms with Crippen molar-refractivity contribution in [2.45, 2.75) is 37.5 Å². The Hall–Kier alpha value is -2.27. The topological polar surface area (TPSA) is 105 Å². The zero-order valence-corrected chi connectivity index (χ0v) is 18.5. The van der Waals surface area contributed by atoms with E-state index in [2.05, 4.69) is 20.6 Å². The van der Waals surface area contributed by atoms with Gasteiger partial charge in [0.25, 0.3) is 5.92 Å². The van der Waals surface area contributed by atoms with Crippen LogP contribution in [-0.2, 0) is 17.2 Å². The summed E-state index contributed by atoms with van der Waals surface area (Å²) in [5.41, 5.74) is 6.31. The molecule has 4 N–H and O–H groups in total. The number of carbonyl (C=O) groups is 1. The van der Waals surface area contributed by atoms with Crippen molar-refractivity contribution in [2.75, 3.05) is 25.1 Å². The summed E-state index contributed by atoms with van der Waals surface area (Å²) in [6, 6.07) is 4.01. The number of anilines is 1. The summed E-state index contributed by atoms with van der Waals surface area (Å²) >= 11 is 11.9. The average Bonchev–Trinajstić information content (AvgIpc) is 2.75. The fourth-order valence-electron chi connectivity index (χ4n) is 3.66. The van der Waals surface area contributed by atoms with Crippen LogP contribution in [0.3, 0.4) is 0 Å².